The van der Waals surface area contributed by atoms with Gasteiger partial charge in [-0.05, 0) is 49.5 Å². The Hall–Kier alpha value is -1.16. The van der Waals surface area contributed by atoms with Crippen molar-refractivity contribution < 1.29 is 0 Å². The van der Waals surface area contributed by atoms with E-state index in [0.29, 0.717) is 12.0 Å². The smallest absolute Gasteiger partial charge is 0.150 e. The average Bonchev–Trinajstić information content (AvgIpc) is 3.20. The monoisotopic (exact) mass is 286 g/mol. The van der Waals surface area contributed by atoms with Crippen molar-refractivity contribution in [3.63, 3.8) is 0 Å². The minimum atomic E-state index is 0.340. The van der Waals surface area contributed by atoms with Crippen molar-refractivity contribution in [2.75, 3.05) is 6.54 Å². The van der Waals surface area contributed by atoms with Gasteiger partial charge in [0.25, 0.3) is 0 Å². The number of rotatable bonds is 5. The van der Waals surface area contributed by atoms with Crippen LogP contribution in [0.15, 0.2) is 12.2 Å². The van der Waals surface area contributed by atoms with Gasteiger partial charge in [-0.3, -0.25) is 0 Å². The molecule has 1 aromatic heterocycles. The van der Waals surface area contributed by atoms with E-state index in [-0.39, 0.29) is 0 Å². The molecule has 4 nitrogen and oxygen atoms in total. The molecule has 4 heteroatoms. The molecule has 0 spiro atoms. The zero-order valence-electron chi connectivity index (χ0n) is 13.1. The maximum absolute atomic E-state index is 4.49. The van der Waals surface area contributed by atoms with Crippen LogP contribution in [0.4, 0.5) is 0 Å². The molecule has 4 atom stereocenters. The molecule has 21 heavy (non-hydrogen) atoms. The van der Waals surface area contributed by atoms with Crippen LogP contribution in [0.25, 0.3) is 0 Å². The van der Waals surface area contributed by atoms with Crippen molar-refractivity contribution in [2.45, 2.75) is 52.1 Å². The average molecular weight is 286 g/mol. The Morgan fingerprint density at radius 2 is 2.19 bits per heavy atom. The third-order valence-corrected chi connectivity index (χ3v) is 5.60. The van der Waals surface area contributed by atoms with Gasteiger partial charge in [0.2, 0.25) is 0 Å². The van der Waals surface area contributed by atoms with Gasteiger partial charge in [-0.2, -0.15) is 0 Å². The molecular weight excluding hydrogens is 260 g/mol. The van der Waals surface area contributed by atoms with Gasteiger partial charge in [0.1, 0.15) is 11.6 Å². The minimum absolute atomic E-state index is 0.340. The predicted octanol–water partition coefficient (Wildman–Crippen LogP) is 2.72. The van der Waals surface area contributed by atoms with Crippen LogP contribution in [0.3, 0.4) is 0 Å². The van der Waals surface area contributed by atoms with Crippen molar-refractivity contribution in [3.05, 3.63) is 23.8 Å². The molecule has 2 heterocycles. The second-order valence-electron chi connectivity index (χ2n) is 7.40. The highest BCUT2D eigenvalue weighted by atomic mass is 15.3. The van der Waals surface area contributed by atoms with E-state index in [1.807, 2.05) is 0 Å². The highest BCUT2D eigenvalue weighted by Crippen LogP contribution is 2.43. The molecule has 1 N–H and O–H groups in total. The number of hydrogen-bond donors (Lipinski definition) is 1. The highest BCUT2D eigenvalue weighted by Gasteiger charge is 2.36. The Kier molecular flexibility index (Phi) is 3.37. The number of nitrogens with one attached hydrogen (secondary N) is 1. The predicted molar refractivity (Wildman–Crippen MR) is 82.8 cm³/mol. The van der Waals surface area contributed by atoms with Crippen molar-refractivity contribution in [3.8, 4) is 0 Å². The number of aromatic nitrogens is 3. The van der Waals surface area contributed by atoms with E-state index in [9.17, 15) is 0 Å². The molecule has 0 unspecified atom stereocenters. The minimum Gasteiger partial charge on any atom is -0.314 e. The molecule has 1 fully saturated rings. The van der Waals surface area contributed by atoms with Gasteiger partial charge in [-0.25, -0.2) is 0 Å². The summed E-state index contributed by atoms with van der Waals surface area (Å²) in [5, 5.41) is 12.7. The normalized spacial score (nSPS) is 31.3. The van der Waals surface area contributed by atoms with E-state index in [2.05, 4.69) is 46.1 Å². The lowest BCUT2D eigenvalue weighted by atomic mass is 9.92. The third-order valence-electron chi connectivity index (χ3n) is 5.60. The molecule has 2 bridgehead atoms. The number of nitrogens with zero attached hydrogens (tertiary/aromatic N) is 3. The maximum atomic E-state index is 4.49. The van der Waals surface area contributed by atoms with E-state index in [1.165, 1.54) is 25.1 Å². The van der Waals surface area contributed by atoms with Crippen molar-refractivity contribution in [2.24, 2.45) is 23.7 Å². The summed E-state index contributed by atoms with van der Waals surface area (Å²) < 4.78 is 2.35. The first kappa shape index (κ1) is 13.5. The number of fused-ring (bicyclic) bond motifs is 3. The van der Waals surface area contributed by atoms with Gasteiger partial charge in [0, 0.05) is 13.0 Å². The van der Waals surface area contributed by atoms with Gasteiger partial charge >= 0.3 is 0 Å². The Morgan fingerprint density at radius 1 is 1.29 bits per heavy atom. The summed E-state index contributed by atoms with van der Waals surface area (Å²) in [5.74, 6) is 5.39. The summed E-state index contributed by atoms with van der Waals surface area (Å²) >= 11 is 0. The maximum Gasteiger partial charge on any atom is 0.150 e. The zero-order chi connectivity index (χ0) is 14.4. The van der Waals surface area contributed by atoms with Gasteiger partial charge in [-0.15, -0.1) is 10.2 Å². The molecular formula is C17H26N4. The molecule has 1 aromatic rings. The summed E-state index contributed by atoms with van der Waals surface area (Å²) in [4.78, 5) is 0. The van der Waals surface area contributed by atoms with Crippen LogP contribution in [0.1, 0.15) is 50.8 Å². The first-order chi connectivity index (χ1) is 10.2. The van der Waals surface area contributed by atoms with E-state index in [4.69, 9.17) is 0 Å². The van der Waals surface area contributed by atoms with Crippen LogP contribution >= 0.6 is 0 Å². The van der Waals surface area contributed by atoms with Crippen LogP contribution in [-0.4, -0.2) is 21.3 Å². The first-order valence-electron chi connectivity index (χ1n) is 8.56. The summed E-state index contributed by atoms with van der Waals surface area (Å²) in [6.45, 7) is 6.79. The summed E-state index contributed by atoms with van der Waals surface area (Å²) in [5.41, 5.74) is 0. The zero-order valence-corrected chi connectivity index (χ0v) is 13.1. The fourth-order valence-electron chi connectivity index (χ4n) is 4.44. The quantitative estimate of drug-likeness (QED) is 0.846. The fourth-order valence-corrected chi connectivity index (χ4v) is 4.44. The third kappa shape index (κ3) is 2.33. The van der Waals surface area contributed by atoms with E-state index in [1.54, 1.807) is 0 Å². The van der Waals surface area contributed by atoms with E-state index in [0.717, 1.165) is 43.1 Å². The van der Waals surface area contributed by atoms with Crippen LogP contribution in [0, 0.1) is 23.7 Å². The Labute approximate surface area is 127 Å². The summed E-state index contributed by atoms with van der Waals surface area (Å²) in [6, 6.07) is 0.340. The van der Waals surface area contributed by atoms with E-state index >= 15 is 0 Å². The summed E-state index contributed by atoms with van der Waals surface area (Å²) in [7, 11) is 0. The van der Waals surface area contributed by atoms with Gasteiger partial charge < -0.3 is 9.88 Å². The van der Waals surface area contributed by atoms with Crippen LogP contribution in [0.5, 0.6) is 0 Å². The SMILES string of the molecule is CC(C)[C@H](NC[C@H]1C[C@H]2C=C[C@H]1C2)c1nnc2n1CCC2. The Morgan fingerprint density at radius 3 is 2.90 bits per heavy atom. The van der Waals surface area contributed by atoms with Gasteiger partial charge in [-0.1, -0.05) is 26.0 Å². The standard InChI is InChI=1S/C17H26N4/c1-11(2)16(17-20-19-15-4-3-7-21(15)17)18-10-14-9-12-5-6-13(14)8-12/h5-6,11-14,16,18H,3-4,7-10H2,1-2H3/t12-,13-,14+,16-/m0/s1. The molecule has 2 aliphatic carbocycles. The number of aryl methyl sites for hydroxylation is 1. The summed E-state index contributed by atoms with van der Waals surface area (Å²) in [6.07, 6.45) is 9.94. The fraction of sp³-hybridized carbons (Fsp3) is 0.765. The van der Waals surface area contributed by atoms with Gasteiger partial charge in [0.15, 0.2) is 0 Å². The lowest BCUT2D eigenvalue weighted by Gasteiger charge is -2.26. The molecule has 114 valence electrons. The second-order valence-corrected chi connectivity index (χ2v) is 7.40. The Bertz CT molecular complexity index is 545. The molecule has 4 rings (SSSR count). The number of hydrogen-bond acceptors (Lipinski definition) is 3. The molecule has 1 aliphatic heterocycles. The van der Waals surface area contributed by atoms with Crippen LogP contribution < -0.4 is 5.32 Å². The Balaban J connectivity index is 1.46. The first-order valence-corrected chi connectivity index (χ1v) is 8.56. The van der Waals surface area contributed by atoms with Crippen molar-refractivity contribution >= 4 is 0 Å². The lowest BCUT2D eigenvalue weighted by Crippen LogP contribution is -2.33. The topological polar surface area (TPSA) is 42.7 Å². The molecule has 1 saturated carbocycles. The molecule has 3 aliphatic rings. The van der Waals surface area contributed by atoms with E-state index < -0.39 is 0 Å². The second kappa shape index (κ2) is 5.24. The molecule has 0 saturated heterocycles. The highest BCUT2D eigenvalue weighted by molar-refractivity contribution is 5.11. The van der Waals surface area contributed by atoms with Gasteiger partial charge in [0.05, 0.1) is 6.04 Å². The van der Waals surface area contributed by atoms with Crippen molar-refractivity contribution in [1.82, 2.24) is 20.1 Å². The number of allylic oxidation sites excluding steroid dienone is 2. The molecule has 0 amide bonds. The largest absolute Gasteiger partial charge is 0.314 e. The van der Waals surface area contributed by atoms with Crippen molar-refractivity contribution in [1.29, 1.82) is 0 Å². The molecule has 0 aromatic carbocycles. The van der Waals surface area contributed by atoms with Crippen LogP contribution in [-0.2, 0) is 13.0 Å². The lowest BCUT2D eigenvalue weighted by molar-refractivity contribution is 0.328. The molecule has 0 radical (unpaired) electrons. The van der Waals surface area contributed by atoms with Crippen LogP contribution in [0.2, 0.25) is 0 Å².